The van der Waals surface area contributed by atoms with Gasteiger partial charge in [-0.15, -0.1) is 0 Å². The number of carbonyl (C=O) groups is 3. The predicted molar refractivity (Wildman–Crippen MR) is 140 cm³/mol. The van der Waals surface area contributed by atoms with E-state index in [0.29, 0.717) is 16.9 Å². The number of pyridine rings is 1. The zero-order chi connectivity index (χ0) is 25.9. The largest absolute Gasteiger partial charge is 0.396 e. The van der Waals surface area contributed by atoms with Crippen LogP contribution in [0.1, 0.15) is 67.4 Å². The number of amides is 3. The summed E-state index contributed by atoms with van der Waals surface area (Å²) in [6.07, 6.45) is 9.28. The lowest BCUT2D eigenvalue weighted by molar-refractivity contribution is -0.122. The smallest absolute Gasteiger partial charge is 0.251 e. The maximum absolute atomic E-state index is 13.4. The summed E-state index contributed by atoms with van der Waals surface area (Å²) in [5, 5.41) is 16.1. The second-order valence-electron chi connectivity index (χ2n) is 10.4. The number of carbonyl (C=O) groups excluding carboxylic acids is 3. The van der Waals surface area contributed by atoms with Crippen LogP contribution in [0.2, 0.25) is 0 Å². The van der Waals surface area contributed by atoms with E-state index in [-0.39, 0.29) is 61.5 Å². The molecule has 2 fully saturated rings. The molecule has 37 heavy (non-hydrogen) atoms. The fraction of sp³-hybridized carbons (Fsp3) is 0.500. The number of nitrogens with one attached hydrogen (secondary N) is 2. The molecule has 0 radical (unpaired) electrons. The molecule has 1 aliphatic heterocycles. The number of aliphatic hydroxyl groups is 1. The van der Waals surface area contributed by atoms with Crippen molar-refractivity contribution in [3.8, 4) is 0 Å². The Kier molecular flexibility index (Phi) is 7.53. The highest BCUT2D eigenvalue weighted by Crippen LogP contribution is 2.41. The van der Waals surface area contributed by atoms with Crippen LogP contribution >= 0.6 is 0 Å². The zero-order valence-corrected chi connectivity index (χ0v) is 21.2. The summed E-state index contributed by atoms with van der Waals surface area (Å²) < 4.78 is 0. The Hall–Kier alpha value is -3.30. The molecular formula is C28H35N5O4. The number of anilines is 2. The Bertz CT molecular complexity index is 1150. The maximum atomic E-state index is 13.4. The lowest BCUT2D eigenvalue weighted by Crippen LogP contribution is -2.52. The Morgan fingerprint density at radius 2 is 1.84 bits per heavy atom. The average molecular weight is 506 g/mol. The second kappa shape index (κ2) is 11.0. The summed E-state index contributed by atoms with van der Waals surface area (Å²) in [6.45, 7) is 2.04. The number of benzene rings is 1. The van der Waals surface area contributed by atoms with Crippen molar-refractivity contribution in [2.75, 3.05) is 29.5 Å². The van der Waals surface area contributed by atoms with E-state index in [1.165, 1.54) is 4.90 Å². The van der Waals surface area contributed by atoms with E-state index in [1.807, 2.05) is 19.1 Å². The van der Waals surface area contributed by atoms with Crippen LogP contribution in [0.5, 0.6) is 0 Å². The van der Waals surface area contributed by atoms with Gasteiger partial charge in [0.15, 0.2) is 0 Å². The molecule has 3 aliphatic rings. The first kappa shape index (κ1) is 25.4. The number of nitrogens with zero attached hydrogens (tertiary/aromatic N) is 3. The van der Waals surface area contributed by atoms with Crippen molar-refractivity contribution in [3.63, 3.8) is 0 Å². The van der Waals surface area contributed by atoms with Gasteiger partial charge in [-0.25, -0.2) is 0 Å². The third-order valence-electron chi connectivity index (χ3n) is 7.78. The minimum atomic E-state index is -0.250. The molecule has 3 amide bonds. The molecule has 3 atom stereocenters. The number of aromatic nitrogens is 1. The Morgan fingerprint density at radius 1 is 1.08 bits per heavy atom. The summed E-state index contributed by atoms with van der Waals surface area (Å²) in [6, 6.07) is 8.96. The lowest BCUT2D eigenvalue weighted by Gasteiger charge is -2.37. The molecule has 1 aromatic heterocycles. The zero-order valence-electron chi connectivity index (χ0n) is 21.2. The molecule has 196 valence electrons. The fourth-order valence-corrected chi connectivity index (χ4v) is 5.50. The van der Waals surface area contributed by atoms with Gasteiger partial charge in [0, 0.05) is 36.6 Å². The van der Waals surface area contributed by atoms with E-state index in [4.69, 9.17) is 0 Å². The van der Waals surface area contributed by atoms with Crippen molar-refractivity contribution in [3.05, 3.63) is 53.9 Å². The van der Waals surface area contributed by atoms with Crippen molar-refractivity contribution in [2.45, 2.75) is 63.6 Å². The van der Waals surface area contributed by atoms with Crippen LogP contribution in [0.4, 0.5) is 11.4 Å². The molecule has 9 nitrogen and oxygen atoms in total. The normalized spacial score (nSPS) is 22.4. The van der Waals surface area contributed by atoms with Crippen LogP contribution in [0.3, 0.4) is 0 Å². The predicted octanol–water partition coefficient (Wildman–Crippen LogP) is 2.56. The minimum absolute atomic E-state index is 0.0450. The molecule has 0 spiro atoms. The van der Waals surface area contributed by atoms with Gasteiger partial charge >= 0.3 is 0 Å². The molecule has 3 N–H and O–H groups in total. The molecule has 2 unspecified atom stereocenters. The van der Waals surface area contributed by atoms with Gasteiger partial charge in [-0.05, 0) is 74.4 Å². The van der Waals surface area contributed by atoms with Gasteiger partial charge in [-0.1, -0.05) is 12.8 Å². The second-order valence-corrected chi connectivity index (χ2v) is 10.4. The van der Waals surface area contributed by atoms with Crippen LogP contribution in [0.15, 0.2) is 42.7 Å². The first-order chi connectivity index (χ1) is 18.0. The van der Waals surface area contributed by atoms with Crippen molar-refractivity contribution in [2.24, 2.45) is 5.92 Å². The summed E-state index contributed by atoms with van der Waals surface area (Å²) in [5.74, 6) is -0.423. The minimum Gasteiger partial charge on any atom is -0.396 e. The first-order valence-corrected chi connectivity index (χ1v) is 13.3. The first-order valence-electron chi connectivity index (χ1n) is 13.3. The van der Waals surface area contributed by atoms with Gasteiger partial charge in [0.05, 0.1) is 24.0 Å². The molecule has 5 rings (SSSR count). The molecule has 0 saturated heterocycles. The van der Waals surface area contributed by atoms with Crippen LogP contribution < -0.4 is 20.4 Å². The van der Waals surface area contributed by atoms with E-state index in [9.17, 15) is 19.5 Å². The highest BCUT2D eigenvalue weighted by molar-refractivity contribution is 6.13. The number of rotatable bonds is 8. The molecule has 2 aromatic rings. The highest BCUT2D eigenvalue weighted by atomic mass is 16.3. The molecule has 2 saturated carbocycles. The number of fused-ring (bicyclic) bond motifs is 1. The SMILES string of the molecule is CC(NC(=O)c1ccc2c(c1)N(C(=O)CNC1CCCC[C@H]1CO)CC(=O)N2C1CC1)c1ccncc1. The van der Waals surface area contributed by atoms with Crippen molar-refractivity contribution in [1.82, 2.24) is 15.6 Å². The molecular weight excluding hydrogens is 470 g/mol. The molecule has 1 aromatic carbocycles. The summed E-state index contributed by atoms with van der Waals surface area (Å²) in [4.78, 5) is 46.9. The average Bonchev–Trinajstić information content (AvgIpc) is 3.76. The van der Waals surface area contributed by atoms with E-state index < -0.39 is 0 Å². The standard InChI is InChI=1S/C28H35N5O4/c1-18(19-10-12-29-13-11-19)31-28(37)20-6-9-24-25(14-20)32(16-27(36)33(24)22-7-8-22)26(35)15-30-23-5-3-2-4-21(23)17-34/h6,9-14,18,21-23,30,34H,2-5,7-8,15-17H2,1H3,(H,31,37)/t18?,21-,23?/m0/s1. The highest BCUT2D eigenvalue weighted by Gasteiger charge is 2.41. The molecule has 9 heteroatoms. The number of hydrogen-bond donors (Lipinski definition) is 3. The summed E-state index contributed by atoms with van der Waals surface area (Å²) in [7, 11) is 0. The van der Waals surface area contributed by atoms with Gasteiger partial charge in [0.2, 0.25) is 11.8 Å². The third-order valence-corrected chi connectivity index (χ3v) is 7.78. The Balaban J connectivity index is 1.36. The van der Waals surface area contributed by atoms with Crippen molar-refractivity contribution < 1.29 is 19.5 Å². The van der Waals surface area contributed by atoms with Crippen LogP contribution in [0.25, 0.3) is 0 Å². The Morgan fingerprint density at radius 3 is 2.57 bits per heavy atom. The molecule has 2 heterocycles. The van der Waals surface area contributed by atoms with Crippen LogP contribution in [0, 0.1) is 5.92 Å². The number of aliphatic hydroxyl groups excluding tert-OH is 1. The van der Waals surface area contributed by atoms with Crippen molar-refractivity contribution in [1.29, 1.82) is 0 Å². The van der Waals surface area contributed by atoms with Crippen LogP contribution in [-0.4, -0.2) is 59.6 Å². The summed E-state index contributed by atoms with van der Waals surface area (Å²) in [5.41, 5.74) is 2.64. The van der Waals surface area contributed by atoms with Gasteiger partial charge in [-0.2, -0.15) is 0 Å². The maximum Gasteiger partial charge on any atom is 0.251 e. The van der Waals surface area contributed by atoms with Gasteiger partial charge in [0.25, 0.3) is 5.91 Å². The lowest BCUT2D eigenvalue weighted by atomic mass is 9.85. The third kappa shape index (κ3) is 5.52. The van der Waals surface area contributed by atoms with Gasteiger partial charge in [0.1, 0.15) is 6.54 Å². The monoisotopic (exact) mass is 505 g/mol. The van der Waals surface area contributed by atoms with Gasteiger partial charge < -0.3 is 20.6 Å². The summed E-state index contributed by atoms with van der Waals surface area (Å²) >= 11 is 0. The topological polar surface area (TPSA) is 115 Å². The van der Waals surface area contributed by atoms with E-state index >= 15 is 0 Å². The van der Waals surface area contributed by atoms with E-state index in [2.05, 4.69) is 15.6 Å². The Labute approximate surface area is 217 Å². The number of hydrogen-bond acceptors (Lipinski definition) is 6. The van der Waals surface area contributed by atoms with Crippen LogP contribution in [-0.2, 0) is 9.59 Å². The van der Waals surface area contributed by atoms with E-state index in [1.54, 1.807) is 35.5 Å². The molecule has 2 aliphatic carbocycles. The van der Waals surface area contributed by atoms with E-state index in [0.717, 1.165) is 44.1 Å². The fourth-order valence-electron chi connectivity index (χ4n) is 5.50. The quantitative estimate of drug-likeness (QED) is 0.508. The van der Waals surface area contributed by atoms with Gasteiger partial charge in [-0.3, -0.25) is 24.3 Å². The molecule has 0 bridgehead atoms. The van der Waals surface area contributed by atoms with Crippen molar-refractivity contribution >= 4 is 29.1 Å².